The molecule has 1 fully saturated rings. The second-order valence-corrected chi connectivity index (χ2v) is 15.5. The maximum atomic E-state index is 14.4. The van der Waals surface area contributed by atoms with Crippen LogP contribution in [0.1, 0.15) is 83.8 Å². The van der Waals surface area contributed by atoms with Crippen LogP contribution >= 0.6 is 0 Å². The van der Waals surface area contributed by atoms with E-state index >= 15 is 0 Å². The first-order valence-corrected chi connectivity index (χ1v) is 20.7. The first-order chi connectivity index (χ1) is 28.6. The van der Waals surface area contributed by atoms with E-state index in [0.717, 1.165) is 16.0 Å². The van der Waals surface area contributed by atoms with Crippen molar-refractivity contribution in [3.05, 3.63) is 71.8 Å². The van der Waals surface area contributed by atoms with Crippen LogP contribution in [0.15, 0.2) is 60.7 Å². The second-order valence-electron chi connectivity index (χ2n) is 15.5. The van der Waals surface area contributed by atoms with Crippen molar-refractivity contribution in [2.24, 2.45) is 17.6 Å². The number of carbonyl (C=O) groups excluding carboxylic acids is 7. The van der Waals surface area contributed by atoms with Crippen LogP contribution in [0.3, 0.4) is 0 Å². The van der Waals surface area contributed by atoms with Gasteiger partial charge in [0.2, 0.25) is 35.4 Å². The summed E-state index contributed by atoms with van der Waals surface area (Å²) in [5.41, 5.74) is 7.17. The van der Waals surface area contributed by atoms with Gasteiger partial charge in [-0.25, -0.2) is 9.59 Å². The third-order valence-corrected chi connectivity index (χ3v) is 11.0. The van der Waals surface area contributed by atoms with Crippen molar-refractivity contribution >= 4 is 47.4 Å². The van der Waals surface area contributed by atoms with Gasteiger partial charge in [0.25, 0.3) is 0 Å². The quantitative estimate of drug-likeness (QED) is 0.137. The summed E-state index contributed by atoms with van der Waals surface area (Å²) < 4.78 is 0. The molecule has 0 bridgehead atoms. The number of nitrogens with zero attached hydrogens (tertiary/aromatic N) is 1. The Morgan fingerprint density at radius 3 is 2.02 bits per heavy atom. The molecule has 2 aromatic rings. The number of nitrogens with one attached hydrogen (secondary N) is 6. The number of carbonyl (C=O) groups is 8. The van der Waals surface area contributed by atoms with Gasteiger partial charge >= 0.3 is 12.0 Å². The normalized spacial score (nSPS) is 22.9. The molecule has 1 heterocycles. The van der Waals surface area contributed by atoms with Gasteiger partial charge in [-0.15, -0.1) is 0 Å². The summed E-state index contributed by atoms with van der Waals surface area (Å²) >= 11 is 0. The van der Waals surface area contributed by atoms with Gasteiger partial charge in [0.15, 0.2) is 0 Å². The summed E-state index contributed by atoms with van der Waals surface area (Å²) in [6, 6.07) is 9.75. The molecule has 0 aromatic heterocycles. The van der Waals surface area contributed by atoms with Crippen molar-refractivity contribution in [2.75, 3.05) is 13.6 Å². The number of rotatable bonds is 14. The molecule has 0 radical (unpaired) electrons. The third kappa shape index (κ3) is 15.0. The summed E-state index contributed by atoms with van der Waals surface area (Å²) in [7, 11) is 1.32. The van der Waals surface area contributed by atoms with Crippen molar-refractivity contribution in [3.8, 4) is 0 Å². The molecular formula is C43H62N8O9. The molecule has 328 valence electrons. The minimum absolute atomic E-state index is 0.0486. The lowest BCUT2D eigenvalue weighted by molar-refractivity contribution is -0.144. The highest BCUT2D eigenvalue weighted by Gasteiger charge is 2.38. The zero-order chi connectivity index (χ0) is 44.4. The zero-order valence-corrected chi connectivity index (χ0v) is 35.2. The number of hydrogen-bond donors (Lipinski definition) is 8. The van der Waals surface area contributed by atoms with Crippen LogP contribution in [0.5, 0.6) is 0 Å². The molecule has 3 rings (SSSR count). The molecule has 0 aliphatic carbocycles. The molecule has 9 N–H and O–H groups in total. The molecule has 17 nitrogen and oxygen atoms in total. The molecule has 17 heteroatoms. The number of benzene rings is 2. The van der Waals surface area contributed by atoms with Gasteiger partial charge in [-0.05, 0) is 55.1 Å². The number of likely N-dealkylation sites (N-methyl/N-ethyl adjacent to an activating group) is 1. The average Bonchev–Trinajstić information content (AvgIpc) is 3.23. The monoisotopic (exact) mass is 834 g/mol. The summed E-state index contributed by atoms with van der Waals surface area (Å²) in [4.78, 5) is 109. The molecular weight excluding hydrogens is 773 g/mol. The van der Waals surface area contributed by atoms with E-state index in [1.165, 1.54) is 7.05 Å². The SMILES string of the molecule is CC[C@@H](C)[C@H](NC(=O)N[C@@H]1CCCCNC(=O)[C@H](Cc2ccccc2)NC(=O)[C@H](CC(N)=O)N(C)C(=O)[C@H](CCc2ccccc2)NC(=O)[C@H]([C@H](C)CC)NC1=O)C(=O)O. The number of amides is 8. The van der Waals surface area contributed by atoms with Crippen molar-refractivity contribution in [3.63, 3.8) is 0 Å². The van der Waals surface area contributed by atoms with Crippen molar-refractivity contribution in [1.29, 1.82) is 0 Å². The lowest BCUT2D eigenvalue weighted by atomic mass is 9.96. The van der Waals surface area contributed by atoms with E-state index in [9.17, 15) is 43.5 Å². The van der Waals surface area contributed by atoms with E-state index in [1.807, 2.05) is 37.3 Å². The minimum atomic E-state index is -1.46. The Balaban J connectivity index is 2.07. The lowest BCUT2D eigenvalue weighted by Crippen LogP contribution is -2.61. The van der Waals surface area contributed by atoms with E-state index in [1.54, 1.807) is 51.1 Å². The number of primary amides is 1. The molecule has 0 spiro atoms. The molecule has 60 heavy (non-hydrogen) atoms. The Hall–Kier alpha value is -6.00. The Morgan fingerprint density at radius 2 is 1.43 bits per heavy atom. The van der Waals surface area contributed by atoms with Crippen LogP contribution in [0.2, 0.25) is 0 Å². The van der Waals surface area contributed by atoms with Crippen LogP contribution < -0.4 is 37.6 Å². The standard InChI is InChI=1S/C43H62N8O9/c1-6-26(3)35-40(56)46-31(22-21-28-16-10-8-11-17-28)41(57)51(5)33(25-34(44)52)39(55)47-32(24-29-18-12-9-13-19-29)37(53)45-23-15-14-20-30(38(54)49-35)48-43(60)50-36(42(58)59)27(4)7-2/h8-13,16-19,26-27,30-33,35-36H,6-7,14-15,20-25H2,1-5H3,(H2,44,52)(H,45,53)(H,46,56)(H,47,55)(H,49,54)(H,58,59)(H2,48,50,60)/t26-,27-,30-,31+,32+,33+,35+,36+/m1/s1. The first-order valence-electron chi connectivity index (χ1n) is 20.7. The van der Waals surface area contributed by atoms with Gasteiger partial charge in [0.05, 0.1) is 6.42 Å². The van der Waals surface area contributed by atoms with Crippen LogP contribution in [0.4, 0.5) is 4.79 Å². The van der Waals surface area contributed by atoms with E-state index in [4.69, 9.17) is 5.73 Å². The Kier molecular flexibility index (Phi) is 19.5. The molecule has 2 aromatic carbocycles. The Morgan fingerprint density at radius 1 is 0.817 bits per heavy atom. The molecule has 0 unspecified atom stereocenters. The van der Waals surface area contributed by atoms with Gasteiger partial charge in [0.1, 0.15) is 36.3 Å². The van der Waals surface area contributed by atoms with Crippen LogP contribution in [0.25, 0.3) is 0 Å². The smallest absolute Gasteiger partial charge is 0.326 e. The van der Waals surface area contributed by atoms with Crippen LogP contribution in [0, 0.1) is 11.8 Å². The van der Waals surface area contributed by atoms with Crippen molar-refractivity contribution in [2.45, 2.75) is 122 Å². The predicted molar refractivity (Wildman–Crippen MR) is 224 cm³/mol. The number of aliphatic carboxylic acids is 1. The zero-order valence-electron chi connectivity index (χ0n) is 35.2. The van der Waals surface area contributed by atoms with E-state index in [-0.39, 0.29) is 25.8 Å². The minimum Gasteiger partial charge on any atom is -0.480 e. The highest BCUT2D eigenvalue weighted by molar-refractivity contribution is 5.98. The predicted octanol–water partition coefficient (Wildman–Crippen LogP) is 1.53. The maximum absolute atomic E-state index is 14.4. The Bertz CT molecular complexity index is 1780. The summed E-state index contributed by atoms with van der Waals surface area (Å²) in [5.74, 6) is -6.48. The summed E-state index contributed by atoms with van der Waals surface area (Å²) in [5, 5.41) is 25.9. The lowest BCUT2D eigenvalue weighted by Gasteiger charge is -2.33. The maximum Gasteiger partial charge on any atom is 0.326 e. The fraction of sp³-hybridized carbons (Fsp3) is 0.535. The van der Waals surface area contributed by atoms with Gasteiger partial charge < -0.3 is 47.6 Å². The molecule has 1 saturated heterocycles. The number of nitrogens with two attached hydrogens (primary N) is 1. The molecule has 1 aliphatic rings. The molecule has 0 saturated carbocycles. The van der Waals surface area contributed by atoms with E-state index in [0.29, 0.717) is 32.1 Å². The summed E-state index contributed by atoms with van der Waals surface area (Å²) in [6.45, 7) is 7.14. The number of carboxylic acid groups (broad SMARTS) is 1. The second kappa shape index (κ2) is 24.2. The number of carboxylic acids is 1. The fourth-order valence-electron chi connectivity index (χ4n) is 6.85. The molecule has 1 aliphatic heterocycles. The summed E-state index contributed by atoms with van der Waals surface area (Å²) in [6.07, 6.45) is 1.45. The van der Waals surface area contributed by atoms with Gasteiger partial charge in [-0.3, -0.25) is 28.8 Å². The molecule has 8 atom stereocenters. The van der Waals surface area contributed by atoms with Gasteiger partial charge in [-0.2, -0.15) is 0 Å². The molecule has 8 amide bonds. The highest BCUT2D eigenvalue weighted by atomic mass is 16.4. The number of hydrogen-bond acceptors (Lipinski definition) is 8. The highest BCUT2D eigenvalue weighted by Crippen LogP contribution is 2.16. The van der Waals surface area contributed by atoms with Crippen molar-refractivity contribution in [1.82, 2.24) is 36.8 Å². The third-order valence-electron chi connectivity index (χ3n) is 11.0. The first kappa shape index (κ1) is 48.4. The topological polar surface area (TPSA) is 258 Å². The Labute approximate surface area is 351 Å². The van der Waals surface area contributed by atoms with E-state index in [2.05, 4.69) is 31.9 Å². The van der Waals surface area contributed by atoms with E-state index < -0.39 is 102 Å². The number of aryl methyl sites for hydroxylation is 1. The number of urea groups is 1. The largest absolute Gasteiger partial charge is 0.480 e. The van der Waals surface area contributed by atoms with Crippen LogP contribution in [-0.4, -0.2) is 107 Å². The van der Waals surface area contributed by atoms with Crippen LogP contribution in [-0.2, 0) is 46.4 Å². The van der Waals surface area contributed by atoms with Gasteiger partial charge in [-0.1, -0.05) is 101 Å². The average molecular weight is 835 g/mol. The fourth-order valence-corrected chi connectivity index (χ4v) is 6.85. The van der Waals surface area contributed by atoms with Gasteiger partial charge in [0, 0.05) is 20.0 Å². The van der Waals surface area contributed by atoms with Crippen molar-refractivity contribution < 1.29 is 43.5 Å².